The summed E-state index contributed by atoms with van der Waals surface area (Å²) in [6, 6.07) is 14.6. The lowest BCUT2D eigenvalue weighted by Gasteiger charge is -2.14. The monoisotopic (exact) mass is 289 g/mol. The van der Waals surface area contributed by atoms with E-state index in [4.69, 9.17) is 5.73 Å². The van der Waals surface area contributed by atoms with Crippen molar-refractivity contribution in [3.05, 3.63) is 60.2 Å². The number of carbonyl (C=O) groups is 1. The van der Waals surface area contributed by atoms with Gasteiger partial charge in [-0.25, -0.2) is 8.42 Å². The molecule has 1 unspecified atom stereocenters. The summed E-state index contributed by atoms with van der Waals surface area (Å²) in [5.74, 6) is -1.22. The van der Waals surface area contributed by atoms with Gasteiger partial charge < -0.3 is 5.73 Å². The van der Waals surface area contributed by atoms with Crippen LogP contribution in [-0.4, -0.2) is 14.3 Å². The SMILES string of the molecule is CC(C(N)=O)c1ccccc1S(=O)(=O)c1ccccc1. The molecule has 0 aliphatic rings. The molecule has 4 nitrogen and oxygen atoms in total. The number of hydrogen-bond donors (Lipinski definition) is 1. The molecule has 0 aliphatic carbocycles. The molecule has 2 aromatic carbocycles. The molecule has 1 amide bonds. The lowest BCUT2D eigenvalue weighted by molar-refractivity contribution is -0.119. The van der Waals surface area contributed by atoms with Gasteiger partial charge in [0.25, 0.3) is 0 Å². The third-order valence-corrected chi connectivity index (χ3v) is 5.00. The van der Waals surface area contributed by atoms with E-state index in [0.717, 1.165) is 0 Å². The Bertz CT molecular complexity index is 724. The lowest BCUT2D eigenvalue weighted by Crippen LogP contribution is -2.20. The van der Waals surface area contributed by atoms with Crippen molar-refractivity contribution >= 4 is 15.7 Å². The van der Waals surface area contributed by atoms with Gasteiger partial charge in [-0.05, 0) is 30.7 Å². The number of amides is 1. The molecule has 1 atom stereocenters. The molecule has 2 aromatic rings. The van der Waals surface area contributed by atoms with Crippen LogP contribution in [0.15, 0.2) is 64.4 Å². The summed E-state index contributed by atoms with van der Waals surface area (Å²) >= 11 is 0. The second-order valence-corrected chi connectivity index (χ2v) is 6.40. The molecule has 0 bridgehead atoms. The summed E-state index contributed by atoms with van der Waals surface area (Å²) in [5.41, 5.74) is 5.71. The average molecular weight is 289 g/mol. The van der Waals surface area contributed by atoms with Gasteiger partial charge in [0.15, 0.2) is 0 Å². The van der Waals surface area contributed by atoms with Crippen LogP contribution in [0.25, 0.3) is 0 Å². The zero-order valence-electron chi connectivity index (χ0n) is 11.0. The number of benzene rings is 2. The third kappa shape index (κ3) is 2.58. The summed E-state index contributed by atoms with van der Waals surface area (Å²) in [4.78, 5) is 11.7. The molecule has 2 N–H and O–H groups in total. The second kappa shape index (κ2) is 5.46. The van der Waals surface area contributed by atoms with E-state index in [9.17, 15) is 13.2 Å². The van der Waals surface area contributed by atoms with Gasteiger partial charge in [0.2, 0.25) is 15.7 Å². The minimum absolute atomic E-state index is 0.123. The van der Waals surface area contributed by atoms with Crippen molar-refractivity contribution in [3.8, 4) is 0 Å². The predicted molar refractivity (Wildman–Crippen MR) is 75.9 cm³/mol. The summed E-state index contributed by atoms with van der Waals surface area (Å²) in [6.45, 7) is 1.60. The van der Waals surface area contributed by atoms with Gasteiger partial charge in [0.1, 0.15) is 0 Å². The molecule has 0 radical (unpaired) electrons. The Morgan fingerprint density at radius 3 is 2.15 bits per heavy atom. The maximum absolute atomic E-state index is 12.6. The van der Waals surface area contributed by atoms with Crippen LogP contribution < -0.4 is 5.73 Å². The first kappa shape index (κ1) is 14.3. The predicted octanol–water partition coefficient (Wildman–Crippen LogP) is 2.11. The van der Waals surface area contributed by atoms with E-state index in [0.29, 0.717) is 5.56 Å². The van der Waals surface area contributed by atoms with E-state index < -0.39 is 21.7 Å². The molecule has 0 saturated carbocycles. The van der Waals surface area contributed by atoms with Crippen LogP contribution in [0.1, 0.15) is 18.4 Å². The highest BCUT2D eigenvalue weighted by Gasteiger charge is 2.24. The largest absolute Gasteiger partial charge is 0.369 e. The molecule has 2 rings (SSSR count). The van der Waals surface area contributed by atoms with Crippen molar-refractivity contribution in [2.75, 3.05) is 0 Å². The normalized spacial score (nSPS) is 12.8. The fraction of sp³-hybridized carbons (Fsp3) is 0.133. The molecule has 0 fully saturated rings. The molecule has 5 heteroatoms. The maximum atomic E-state index is 12.6. The van der Waals surface area contributed by atoms with Gasteiger partial charge in [0, 0.05) is 0 Å². The first-order valence-corrected chi connectivity index (χ1v) is 7.61. The number of hydrogen-bond acceptors (Lipinski definition) is 3. The molecule has 0 heterocycles. The zero-order valence-corrected chi connectivity index (χ0v) is 11.8. The highest BCUT2D eigenvalue weighted by atomic mass is 32.2. The van der Waals surface area contributed by atoms with Gasteiger partial charge in [-0.1, -0.05) is 36.4 Å². The number of nitrogens with two attached hydrogens (primary N) is 1. The highest BCUT2D eigenvalue weighted by Crippen LogP contribution is 2.28. The Balaban J connectivity index is 2.62. The Morgan fingerprint density at radius 1 is 1.00 bits per heavy atom. The van der Waals surface area contributed by atoms with Crippen LogP contribution in [0, 0.1) is 0 Å². The summed E-state index contributed by atoms with van der Waals surface area (Å²) in [6.07, 6.45) is 0. The van der Waals surface area contributed by atoms with Crippen molar-refractivity contribution in [2.24, 2.45) is 5.73 Å². The van der Waals surface area contributed by atoms with Crippen molar-refractivity contribution in [1.82, 2.24) is 0 Å². The quantitative estimate of drug-likeness (QED) is 0.936. The number of rotatable bonds is 4. The standard InChI is InChI=1S/C15H15NO3S/c1-11(15(16)17)13-9-5-6-10-14(13)20(18,19)12-7-3-2-4-8-12/h2-11H,1H3,(H2,16,17). The number of sulfone groups is 1. The molecule has 0 aliphatic heterocycles. The summed E-state index contributed by atoms with van der Waals surface area (Å²) in [5, 5.41) is 0. The molecule has 104 valence electrons. The van der Waals surface area contributed by atoms with Gasteiger partial charge in [-0.3, -0.25) is 4.79 Å². The summed E-state index contributed by atoms with van der Waals surface area (Å²) in [7, 11) is -3.66. The topological polar surface area (TPSA) is 77.2 Å². The van der Waals surface area contributed by atoms with E-state index in [1.165, 1.54) is 18.2 Å². The van der Waals surface area contributed by atoms with Crippen molar-refractivity contribution in [1.29, 1.82) is 0 Å². The van der Waals surface area contributed by atoms with Crippen LogP contribution in [0.4, 0.5) is 0 Å². The first-order valence-electron chi connectivity index (χ1n) is 6.13. The summed E-state index contributed by atoms with van der Waals surface area (Å²) < 4.78 is 25.3. The first-order chi connectivity index (χ1) is 9.44. The molecule has 0 aromatic heterocycles. The van der Waals surface area contributed by atoms with Gasteiger partial charge >= 0.3 is 0 Å². The maximum Gasteiger partial charge on any atom is 0.224 e. The van der Waals surface area contributed by atoms with E-state index in [1.807, 2.05) is 0 Å². The Hall–Kier alpha value is -2.14. The van der Waals surface area contributed by atoms with Gasteiger partial charge in [-0.15, -0.1) is 0 Å². The van der Waals surface area contributed by atoms with Crippen molar-refractivity contribution in [3.63, 3.8) is 0 Å². The van der Waals surface area contributed by atoms with Crippen LogP contribution in [0.3, 0.4) is 0 Å². The van der Waals surface area contributed by atoms with Crippen LogP contribution in [-0.2, 0) is 14.6 Å². The van der Waals surface area contributed by atoms with Crippen molar-refractivity contribution in [2.45, 2.75) is 22.6 Å². The molecule has 0 spiro atoms. The highest BCUT2D eigenvalue weighted by molar-refractivity contribution is 7.91. The Labute approximate surface area is 118 Å². The van der Waals surface area contributed by atoms with Crippen LogP contribution >= 0.6 is 0 Å². The number of carbonyl (C=O) groups excluding carboxylic acids is 1. The molecular formula is C15H15NO3S. The van der Waals surface area contributed by atoms with Gasteiger partial charge in [0.05, 0.1) is 15.7 Å². The van der Waals surface area contributed by atoms with E-state index in [2.05, 4.69) is 0 Å². The molecule has 20 heavy (non-hydrogen) atoms. The van der Waals surface area contributed by atoms with Crippen molar-refractivity contribution < 1.29 is 13.2 Å². The Morgan fingerprint density at radius 2 is 1.55 bits per heavy atom. The lowest BCUT2D eigenvalue weighted by atomic mass is 10.0. The second-order valence-electron chi connectivity index (χ2n) is 4.48. The molecule has 0 saturated heterocycles. The van der Waals surface area contributed by atoms with E-state index in [1.54, 1.807) is 43.3 Å². The fourth-order valence-corrected chi connectivity index (χ4v) is 3.55. The zero-order chi connectivity index (χ0) is 14.8. The van der Waals surface area contributed by atoms with Crippen LogP contribution in [0.5, 0.6) is 0 Å². The van der Waals surface area contributed by atoms with Crippen LogP contribution in [0.2, 0.25) is 0 Å². The van der Waals surface area contributed by atoms with E-state index >= 15 is 0 Å². The van der Waals surface area contributed by atoms with E-state index in [-0.39, 0.29) is 9.79 Å². The van der Waals surface area contributed by atoms with Gasteiger partial charge in [-0.2, -0.15) is 0 Å². The Kier molecular flexibility index (Phi) is 3.90. The smallest absolute Gasteiger partial charge is 0.224 e. The number of primary amides is 1. The molecular weight excluding hydrogens is 274 g/mol. The third-order valence-electron chi connectivity index (χ3n) is 3.16. The average Bonchev–Trinajstić information content (AvgIpc) is 2.47. The minimum Gasteiger partial charge on any atom is -0.369 e. The minimum atomic E-state index is -3.66. The fourth-order valence-electron chi connectivity index (χ4n) is 1.96.